The molecule has 0 heterocycles. The summed E-state index contributed by atoms with van der Waals surface area (Å²) >= 11 is 0. The molecule has 3 N–H and O–H groups in total. The van der Waals surface area contributed by atoms with E-state index in [0.29, 0.717) is 12.3 Å². The molecule has 0 aromatic heterocycles. The molecular formula is C27H28N2O2. The summed E-state index contributed by atoms with van der Waals surface area (Å²) in [6, 6.07) is 29.6. The fourth-order valence-corrected chi connectivity index (χ4v) is 4.39. The number of amides is 2. The van der Waals surface area contributed by atoms with Crippen molar-refractivity contribution < 1.29 is 9.59 Å². The number of rotatable bonds is 9. The minimum atomic E-state index is -0.685. The third kappa shape index (κ3) is 4.69. The largest absolute Gasteiger partial charge is 0.368 e. The Balaban J connectivity index is 1.76. The van der Waals surface area contributed by atoms with Gasteiger partial charge in [-0.3, -0.25) is 9.59 Å². The molecule has 0 spiro atoms. The van der Waals surface area contributed by atoms with Gasteiger partial charge in [-0.2, -0.15) is 0 Å². The molecule has 1 aliphatic carbocycles. The van der Waals surface area contributed by atoms with Crippen LogP contribution < -0.4 is 11.1 Å². The highest BCUT2D eigenvalue weighted by Gasteiger charge is 2.39. The zero-order valence-electron chi connectivity index (χ0n) is 17.5. The maximum Gasteiger partial charge on any atom is 0.240 e. The Morgan fingerprint density at radius 1 is 0.806 bits per heavy atom. The summed E-state index contributed by atoms with van der Waals surface area (Å²) < 4.78 is 0. The molecule has 1 aliphatic rings. The van der Waals surface area contributed by atoms with Crippen LogP contribution in [0, 0.1) is 5.92 Å². The summed E-state index contributed by atoms with van der Waals surface area (Å²) in [5.41, 5.74) is 8.00. The van der Waals surface area contributed by atoms with Crippen LogP contribution in [-0.4, -0.2) is 17.9 Å². The van der Waals surface area contributed by atoms with E-state index in [1.165, 1.54) is 0 Å². The molecule has 4 nitrogen and oxygen atoms in total. The van der Waals surface area contributed by atoms with E-state index in [0.717, 1.165) is 29.5 Å². The van der Waals surface area contributed by atoms with Gasteiger partial charge >= 0.3 is 0 Å². The van der Waals surface area contributed by atoms with Gasteiger partial charge in [-0.15, -0.1) is 0 Å². The van der Waals surface area contributed by atoms with Crippen LogP contribution in [0.25, 0.3) is 0 Å². The Hall–Kier alpha value is -3.40. The normalized spacial score (nSPS) is 14.6. The zero-order valence-corrected chi connectivity index (χ0v) is 17.5. The summed E-state index contributed by atoms with van der Waals surface area (Å²) in [5.74, 6) is -0.161. The fourth-order valence-electron chi connectivity index (χ4n) is 4.39. The number of benzene rings is 3. The molecule has 4 rings (SSSR count). The number of nitrogens with two attached hydrogens (primary N) is 1. The third-order valence-electron chi connectivity index (χ3n) is 6.17. The second kappa shape index (κ2) is 9.17. The van der Waals surface area contributed by atoms with E-state index in [4.69, 9.17) is 5.73 Å². The molecular weight excluding hydrogens is 384 g/mol. The monoisotopic (exact) mass is 412 g/mol. The topological polar surface area (TPSA) is 72.2 Å². The Kier molecular flexibility index (Phi) is 6.17. The second-order valence-electron chi connectivity index (χ2n) is 8.38. The smallest absolute Gasteiger partial charge is 0.240 e. The summed E-state index contributed by atoms with van der Waals surface area (Å²) in [6.45, 7) is 0. The fraction of sp³-hybridized carbons (Fsp3) is 0.259. The van der Waals surface area contributed by atoms with Gasteiger partial charge in [0.2, 0.25) is 11.8 Å². The number of nitrogens with one attached hydrogen (secondary N) is 1. The van der Waals surface area contributed by atoms with Crippen molar-refractivity contribution >= 4 is 11.8 Å². The van der Waals surface area contributed by atoms with Gasteiger partial charge in [0, 0.05) is 6.42 Å². The SMILES string of the molecule is NC(=O)[C@@H](CC1CC1)NC(=O)CC(c1ccccc1)(c1ccccc1)c1ccccc1. The first-order valence-corrected chi connectivity index (χ1v) is 10.8. The van der Waals surface area contributed by atoms with E-state index in [1.807, 2.05) is 54.6 Å². The standard InChI is InChI=1S/C27H28N2O2/c28-26(31)24(18-20-16-17-20)29-25(30)19-27(21-10-4-1-5-11-21,22-12-6-2-7-13-22)23-14-8-3-9-15-23/h1-15,20,24H,16-19H2,(H2,28,31)(H,29,30)/t24-/m1/s1. The average molecular weight is 413 g/mol. The molecule has 158 valence electrons. The number of hydrogen-bond donors (Lipinski definition) is 2. The van der Waals surface area contributed by atoms with Crippen molar-refractivity contribution in [3.05, 3.63) is 108 Å². The van der Waals surface area contributed by atoms with Crippen molar-refractivity contribution in [2.45, 2.75) is 37.1 Å². The Morgan fingerprint density at radius 3 is 1.58 bits per heavy atom. The molecule has 4 heteroatoms. The predicted octanol–water partition coefficient (Wildman–Crippen LogP) is 4.18. The Bertz CT molecular complexity index is 918. The molecule has 0 aliphatic heterocycles. The first kappa shape index (κ1) is 20.9. The minimum absolute atomic E-state index is 0.180. The van der Waals surface area contributed by atoms with E-state index in [-0.39, 0.29) is 12.3 Å². The highest BCUT2D eigenvalue weighted by atomic mass is 16.2. The molecule has 3 aromatic carbocycles. The van der Waals surface area contributed by atoms with Crippen LogP contribution in [0.4, 0.5) is 0 Å². The lowest BCUT2D eigenvalue weighted by Gasteiger charge is -2.36. The lowest BCUT2D eigenvalue weighted by molar-refractivity contribution is -0.128. The molecule has 0 bridgehead atoms. The average Bonchev–Trinajstić information content (AvgIpc) is 3.63. The van der Waals surface area contributed by atoms with Gasteiger partial charge in [-0.25, -0.2) is 0 Å². The predicted molar refractivity (Wildman–Crippen MR) is 122 cm³/mol. The molecule has 31 heavy (non-hydrogen) atoms. The number of primary amides is 1. The second-order valence-corrected chi connectivity index (χ2v) is 8.38. The molecule has 0 unspecified atom stereocenters. The van der Waals surface area contributed by atoms with Gasteiger partial charge in [0.25, 0.3) is 0 Å². The molecule has 0 saturated heterocycles. The van der Waals surface area contributed by atoms with Crippen LogP contribution in [0.1, 0.15) is 42.4 Å². The zero-order chi connectivity index (χ0) is 21.7. The Morgan fingerprint density at radius 2 is 1.23 bits per heavy atom. The molecule has 1 saturated carbocycles. The quantitative estimate of drug-likeness (QED) is 0.518. The maximum atomic E-state index is 13.4. The van der Waals surface area contributed by atoms with Gasteiger partial charge < -0.3 is 11.1 Å². The molecule has 1 atom stereocenters. The summed E-state index contributed by atoms with van der Waals surface area (Å²) in [6.07, 6.45) is 3.00. The van der Waals surface area contributed by atoms with Gasteiger partial charge in [-0.05, 0) is 29.0 Å². The van der Waals surface area contributed by atoms with Crippen molar-refractivity contribution in [1.29, 1.82) is 0 Å². The lowest BCUT2D eigenvalue weighted by atomic mass is 9.67. The maximum absolute atomic E-state index is 13.4. The van der Waals surface area contributed by atoms with Crippen LogP contribution in [0.3, 0.4) is 0 Å². The first-order valence-electron chi connectivity index (χ1n) is 10.8. The molecule has 0 radical (unpaired) electrons. The first-order chi connectivity index (χ1) is 15.1. The molecule has 2 amide bonds. The summed E-state index contributed by atoms with van der Waals surface area (Å²) in [4.78, 5) is 25.4. The number of carbonyl (C=O) groups excluding carboxylic acids is 2. The van der Waals surface area contributed by atoms with Crippen LogP contribution in [0.15, 0.2) is 91.0 Å². The Labute approximate surface area is 183 Å². The highest BCUT2D eigenvalue weighted by molar-refractivity contribution is 5.88. The van der Waals surface area contributed by atoms with Crippen LogP contribution >= 0.6 is 0 Å². The van der Waals surface area contributed by atoms with E-state index in [9.17, 15) is 9.59 Å². The number of hydrogen-bond acceptors (Lipinski definition) is 2. The summed E-state index contributed by atoms with van der Waals surface area (Å²) in [5, 5.41) is 2.94. The van der Waals surface area contributed by atoms with Crippen LogP contribution in [0.5, 0.6) is 0 Å². The van der Waals surface area contributed by atoms with Gasteiger partial charge in [-0.1, -0.05) is 104 Å². The van der Waals surface area contributed by atoms with Gasteiger partial charge in [0.15, 0.2) is 0 Å². The summed E-state index contributed by atoms with van der Waals surface area (Å²) in [7, 11) is 0. The van der Waals surface area contributed by atoms with E-state index in [2.05, 4.69) is 41.7 Å². The van der Waals surface area contributed by atoms with Crippen LogP contribution in [-0.2, 0) is 15.0 Å². The van der Waals surface area contributed by atoms with Crippen LogP contribution in [0.2, 0.25) is 0 Å². The molecule has 1 fully saturated rings. The van der Waals surface area contributed by atoms with E-state index >= 15 is 0 Å². The third-order valence-corrected chi connectivity index (χ3v) is 6.17. The van der Waals surface area contributed by atoms with Crippen molar-refractivity contribution in [3.63, 3.8) is 0 Å². The van der Waals surface area contributed by atoms with Crippen molar-refractivity contribution in [2.75, 3.05) is 0 Å². The van der Waals surface area contributed by atoms with Crippen molar-refractivity contribution in [3.8, 4) is 0 Å². The number of carbonyl (C=O) groups is 2. The van der Waals surface area contributed by atoms with Gasteiger partial charge in [0.1, 0.15) is 6.04 Å². The molecule has 3 aromatic rings. The van der Waals surface area contributed by atoms with Gasteiger partial charge in [0.05, 0.1) is 5.41 Å². The van der Waals surface area contributed by atoms with E-state index in [1.54, 1.807) is 0 Å². The highest BCUT2D eigenvalue weighted by Crippen LogP contribution is 2.42. The minimum Gasteiger partial charge on any atom is -0.368 e. The van der Waals surface area contributed by atoms with Crippen molar-refractivity contribution in [1.82, 2.24) is 5.32 Å². The van der Waals surface area contributed by atoms with E-state index < -0.39 is 17.4 Å². The lowest BCUT2D eigenvalue weighted by Crippen LogP contribution is -2.47. The van der Waals surface area contributed by atoms with Crippen molar-refractivity contribution in [2.24, 2.45) is 11.7 Å².